The lowest BCUT2D eigenvalue weighted by Crippen LogP contribution is -1.87. The van der Waals surface area contributed by atoms with Gasteiger partial charge in [-0.15, -0.1) is 0 Å². The van der Waals surface area contributed by atoms with Crippen molar-refractivity contribution >= 4 is 11.6 Å². The predicted octanol–water partition coefficient (Wildman–Crippen LogP) is 4.00. The molecule has 2 rings (SSSR count). The zero-order chi connectivity index (χ0) is 11.4. The summed E-state index contributed by atoms with van der Waals surface area (Å²) in [6.45, 7) is 0. The number of hydrogen-bond acceptors (Lipinski definition) is 2. The lowest BCUT2D eigenvalue weighted by Gasteiger charge is -2.06. The van der Waals surface area contributed by atoms with Crippen molar-refractivity contribution in [3.05, 3.63) is 59.1 Å². The molecule has 2 aromatic carbocycles. The third kappa shape index (κ3) is 2.33. The van der Waals surface area contributed by atoms with Crippen LogP contribution in [0.25, 0.3) is 0 Å². The zero-order valence-corrected chi connectivity index (χ0v) is 9.11. The van der Waals surface area contributed by atoms with E-state index in [2.05, 4.69) is 0 Å². The lowest BCUT2D eigenvalue weighted by atomic mass is 10.2. The molecular formula is C13H8ClNO. The van der Waals surface area contributed by atoms with Gasteiger partial charge in [-0.3, -0.25) is 0 Å². The number of para-hydroxylation sites is 1. The van der Waals surface area contributed by atoms with E-state index in [9.17, 15) is 0 Å². The topological polar surface area (TPSA) is 33.0 Å². The highest BCUT2D eigenvalue weighted by Crippen LogP contribution is 2.26. The first-order chi connectivity index (χ1) is 7.79. The molecule has 0 aromatic heterocycles. The number of hydrogen-bond donors (Lipinski definition) is 0. The van der Waals surface area contributed by atoms with E-state index in [1.807, 2.05) is 36.4 Å². The van der Waals surface area contributed by atoms with Crippen LogP contribution < -0.4 is 4.74 Å². The second kappa shape index (κ2) is 4.69. The van der Waals surface area contributed by atoms with Gasteiger partial charge in [-0.1, -0.05) is 29.8 Å². The lowest BCUT2D eigenvalue weighted by molar-refractivity contribution is 0.481. The Hall–Kier alpha value is -1.98. The Labute approximate surface area is 98.7 Å². The van der Waals surface area contributed by atoms with Gasteiger partial charge in [0.15, 0.2) is 0 Å². The zero-order valence-electron chi connectivity index (χ0n) is 8.35. The Morgan fingerprint density at radius 3 is 2.50 bits per heavy atom. The highest BCUT2D eigenvalue weighted by atomic mass is 35.5. The van der Waals surface area contributed by atoms with Crippen molar-refractivity contribution in [2.45, 2.75) is 0 Å². The van der Waals surface area contributed by atoms with Crippen molar-refractivity contribution in [2.24, 2.45) is 0 Å². The summed E-state index contributed by atoms with van der Waals surface area (Å²) >= 11 is 5.79. The van der Waals surface area contributed by atoms with Gasteiger partial charge in [-0.05, 0) is 30.3 Å². The van der Waals surface area contributed by atoms with Crippen molar-refractivity contribution in [1.29, 1.82) is 5.26 Å². The minimum Gasteiger partial charge on any atom is -0.456 e. The molecule has 3 heteroatoms. The number of ether oxygens (including phenoxy) is 1. The molecule has 0 unspecified atom stereocenters. The summed E-state index contributed by atoms with van der Waals surface area (Å²) < 4.78 is 5.57. The molecular weight excluding hydrogens is 222 g/mol. The maximum Gasteiger partial charge on any atom is 0.145 e. The minimum absolute atomic E-state index is 0.427. The van der Waals surface area contributed by atoms with Gasteiger partial charge in [0.2, 0.25) is 0 Å². The fourth-order valence-corrected chi connectivity index (χ4v) is 1.47. The Kier molecular flexibility index (Phi) is 3.09. The van der Waals surface area contributed by atoms with E-state index in [1.54, 1.807) is 18.2 Å². The second-order valence-electron chi connectivity index (χ2n) is 3.17. The number of benzene rings is 2. The third-order valence-electron chi connectivity index (χ3n) is 2.03. The van der Waals surface area contributed by atoms with Gasteiger partial charge in [0.1, 0.15) is 17.6 Å². The summed E-state index contributed by atoms with van der Waals surface area (Å²) in [4.78, 5) is 0. The Morgan fingerprint density at radius 2 is 1.81 bits per heavy atom. The Balaban J connectivity index is 2.32. The first-order valence-corrected chi connectivity index (χ1v) is 5.10. The highest BCUT2D eigenvalue weighted by molar-refractivity contribution is 6.30. The molecule has 0 fully saturated rings. The van der Waals surface area contributed by atoms with Crippen LogP contribution in [0.2, 0.25) is 5.02 Å². The van der Waals surface area contributed by atoms with Crippen LogP contribution in [0, 0.1) is 11.3 Å². The van der Waals surface area contributed by atoms with E-state index >= 15 is 0 Å². The standard InChI is InChI=1S/C13H8ClNO/c14-11-6-7-13(10(8-11)9-15)16-12-4-2-1-3-5-12/h1-8H. The quantitative estimate of drug-likeness (QED) is 0.780. The van der Waals surface area contributed by atoms with Gasteiger partial charge in [-0.25, -0.2) is 0 Å². The fourth-order valence-electron chi connectivity index (χ4n) is 1.29. The van der Waals surface area contributed by atoms with Gasteiger partial charge in [0, 0.05) is 5.02 Å². The molecule has 0 amide bonds. The van der Waals surface area contributed by atoms with E-state index in [1.165, 1.54) is 0 Å². The maximum absolute atomic E-state index is 8.93. The minimum atomic E-state index is 0.427. The first-order valence-electron chi connectivity index (χ1n) is 4.72. The fraction of sp³-hybridized carbons (Fsp3) is 0. The average Bonchev–Trinajstić information content (AvgIpc) is 2.33. The predicted molar refractivity (Wildman–Crippen MR) is 62.7 cm³/mol. The van der Waals surface area contributed by atoms with Crippen LogP contribution >= 0.6 is 11.6 Å². The molecule has 0 saturated heterocycles. The maximum atomic E-state index is 8.93. The molecule has 0 N–H and O–H groups in total. The molecule has 0 aliphatic carbocycles. The van der Waals surface area contributed by atoms with E-state index < -0.39 is 0 Å². The molecule has 0 spiro atoms. The SMILES string of the molecule is N#Cc1cc(Cl)ccc1Oc1ccccc1. The van der Waals surface area contributed by atoms with E-state index in [0.717, 1.165) is 0 Å². The van der Waals surface area contributed by atoms with Crippen LogP contribution in [0.15, 0.2) is 48.5 Å². The van der Waals surface area contributed by atoms with Gasteiger partial charge < -0.3 is 4.74 Å². The first kappa shape index (κ1) is 10.5. The molecule has 0 radical (unpaired) electrons. The summed E-state index contributed by atoms with van der Waals surface area (Å²) in [6, 6.07) is 16.3. The van der Waals surface area contributed by atoms with Gasteiger partial charge in [0.25, 0.3) is 0 Å². The smallest absolute Gasteiger partial charge is 0.145 e. The molecule has 16 heavy (non-hydrogen) atoms. The van der Waals surface area contributed by atoms with Gasteiger partial charge >= 0.3 is 0 Å². The van der Waals surface area contributed by atoms with Crippen molar-refractivity contribution in [3.8, 4) is 17.6 Å². The number of nitrogens with zero attached hydrogens (tertiary/aromatic N) is 1. The van der Waals surface area contributed by atoms with Crippen molar-refractivity contribution in [3.63, 3.8) is 0 Å². The molecule has 0 heterocycles. The van der Waals surface area contributed by atoms with Gasteiger partial charge in [-0.2, -0.15) is 5.26 Å². The molecule has 0 aliphatic rings. The highest BCUT2D eigenvalue weighted by Gasteiger charge is 2.04. The van der Waals surface area contributed by atoms with Crippen LogP contribution in [-0.2, 0) is 0 Å². The summed E-state index contributed by atoms with van der Waals surface area (Å²) in [6.07, 6.45) is 0. The summed E-state index contributed by atoms with van der Waals surface area (Å²) in [5.74, 6) is 1.21. The van der Waals surface area contributed by atoms with Crippen molar-refractivity contribution in [2.75, 3.05) is 0 Å². The molecule has 78 valence electrons. The monoisotopic (exact) mass is 229 g/mol. The van der Waals surface area contributed by atoms with E-state index in [0.29, 0.717) is 22.1 Å². The molecule has 0 bridgehead atoms. The molecule has 0 atom stereocenters. The molecule has 2 nitrogen and oxygen atoms in total. The molecule has 0 saturated carbocycles. The van der Waals surface area contributed by atoms with E-state index in [4.69, 9.17) is 21.6 Å². The molecule has 0 aliphatic heterocycles. The normalized spacial score (nSPS) is 9.50. The van der Waals surface area contributed by atoms with Crippen LogP contribution in [0.1, 0.15) is 5.56 Å². The van der Waals surface area contributed by atoms with Crippen LogP contribution in [0.5, 0.6) is 11.5 Å². The van der Waals surface area contributed by atoms with E-state index in [-0.39, 0.29) is 0 Å². The third-order valence-corrected chi connectivity index (χ3v) is 2.27. The number of rotatable bonds is 2. The van der Waals surface area contributed by atoms with Crippen LogP contribution in [0.4, 0.5) is 0 Å². The van der Waals surface area contributed by atoms with Crippen molar-refractivity contribution in [1.82, 2.24) is 0 Å². The largest absolute Gasteiger partial charge is 0.456 e. The number of nitriles is 1. The van der Waals surface area contributed by atoms with Crippen LogP contribution in [0.3, 0.4) is 0 Å². The Bertz CT molecular complexity index is 531. The summed E-state index contributed by atoms with van der Waals surface area (Å²) in [5, 5.41) is 9.46. The summed E-state index contributed by atoms with van der Waals surface area (Å²) in [7, 11) is 0. The number of halogens is 1. The Morgan fingerprint density at radius 1 is 1.06 bits per heavy atom. The van der Waals surface area contributed by atoms with Gasteiger partial charge in [0.05, 0.1) is 5.56 Å². The molecule has 2 aromatic rings. The average molecular weight is 230 g/mol. The van der Waals surface area contributed by atoms with Crippen LogP contribution in [-0.4, -0.2) is 0 Å². The summed E-state index contributed by atoms with van der Waals surface area (Å²) in [5.41, 5.74) is 0.427. The second-order valence-corrected chi connectivity index (χ2v) is 3.60. The van der Waals surface area contributed by atoms with Crippen molar-refractivity contribution < 1.29 is 4.74 Å².